The normalized spacial score (nSPS) is 12.5. The maximum absolute atomic E-state index is 12.7. The van der Waals surface area contributed by atoms with Crippen molar-refractivity contribution in [3.63, 3.8) is 0 Å². The zero-order valence-corrected chi connectivity index (χ0v) is 16.4. The number of ether oxygens (including phenoxy) is 1. The highest BCUT2D eigenvalue weighted by Crippen LogP contribution is 2.29. The number of anilines is 1. The summed E-state index contributed by atoms with van der Waals surface area (Å²) in [4.78, 5) is 12.3. The Bertz CT molecular complexity index is 971. The first-order valence-corrected chi connectivity index (χ1v) is 9.59. The zero-order chi connectivity index (χ0) is 21.6. The van der Waals surface area contributed by atoms with Crippen molar-refractivity contribution in [1.29, 1.82) is 0 Å². The topological polar surface area (TPSA) is 67.0 Å². The molecule has 158 valence electrons. The van der Waals surface area contributed by atoms with Crippen LogP contribution in [0, 0.1) is 0 Å². The van der Waals surface area contributed by atoms with Crippen LogP contribution in [-0.2, 0) is 10.9 Å². The second-order valence-electron chi connectivity index (χ2n) is 6.76. The average molecular weight is 417 g/mol. The summed E-state index contributed by atoms with van der Waals surface area (Å²) in [5.41, 5.74) is 0.822. The molecular formula is C22H22F3N3O2. The van der Waals surface area contributed by atoms with Crippen molar-refractivity contribution < 1.29 is 22.7 Å². The quantitative estimate of drug-likeness (QED) is 0.470. The molecule has 0 aliphatic heterocycles. The fraction of sp³-hybridized carbons (Fsp3) is 0.273. The van der Waals surface area contributed by atoms with Gasteiger partial charge in [-0.3, -0.25) is 9.89 Å². The second kappa shape index (κ2) is 9.58. The third-order valence-corrected chi connectivity index (χ3v) is 4.45. The second-order valence-corrected chi connectivity index (χ2v) is 6.76. The lowest BCUT2D eigenvalue weighted by Crippen LogP contribution is -2.13. The molecule has 8 heteroatoms. The monoisotopic (exact) mass is 417 g/mol. The average Bonchev–Trinajstić information content (AvgIpc) is 3.23. The van der Waals surface area contributed by atoms with Crippen LogP contribution in [0.5, 0.6) is 0 Å². The number of carbonyl (C=O) groups is 1. The molecule has 0 fully saturated rings. The Morgan fingerprint density at radius 2 is 1.83 bits per heavy atom. The SMILES string of the molecule is CCCCOC(c1ccccc1)c1cccc(NC(=O)c2cc(C(F)(F)F)[nH]n2)c1. The summed E-state index contributed by atoms with van der Waals surface area (Å²) in [6.07, 6.45) is -3.00. The van der Waals surface area contributed by atoms with E-state index >= 15 is 0 Å². The summed E-state index contributed by atoms with van der Waals surface area (Å²) in [6, 6.07) is 17.4. The number of aromatic amines is 1. The largest absolute Gasteiger partial charge is 0.432 e. The molecule has 0 bridgehead atoms. The number of nitrogens with one attached hydrogen (secondary N) is 2. The van der Waals surface area contributed by atoms with E-state index < -0.39 is 17.8 Å². The number of hydrogen-bond acceptors (Lipinski definition) is 3. The minimum absolute atomic E-state index is 0.322. The van der Waals surface area contributed by atoms with E-state index in [1.165, 1.54) is 0 Å². The highest BCUT2D eigenvalue weighted by molar-refractivity contribution is 6.02. The van der Waals surface area contributed by atoms with Crippen molar-refractivity contribution in [3.8, 4) is 0 Å². The first kappa shape index (κ1) is 21.6. The third-order valence-electron chi connectivity index (χ3n) is 4.45. The molecule has 1 atom stereocenters. The van der Waals surface area contributed by atoms with Crippen LogP contribution in [0.25, 0.3) is 0 Å². The van der Waals surface area contributed by atoms with Crippen LogP contribution in [0.4, 0.5) is 18.9 Å². The third kappa shape index (κ3) is 5.48. The number of halogens is 3. The van der Waals surface area contributed by atoms with E-state index in [4.69, 9.17) is 4.74 Å². The van der Waals surface area contributed by atoms with Gasteiger partial charge in [-0.2, -0.15) is 18.3 Å². The molecule has 1 amide bonds. The standard InChI is InChI=1S/C22H22F3N3O2/c1-2-3-12-30-20(15-8-5-4-6-9-15)16-10-7-11-17(13-16)26-21(29)18-14-19(28-27-18)22(23,24)25/h4-11,13-14,20H,2-3,12H2,1H3,(H,26,29)(H,27,28). The van der Waals surface area contributed by atoms with Gasteiger partial charge in [-0.1, -0.05) is 55.8 Å². The highest BCUT2D eigenvalue weighted by Gasteiger charge is 2.33. The number of hydrogen-bond donors (Lipinski definition) is 2. The maximum atomic E-state index is 12.7. The van der Waals surface area contributed by atoms with E-state index in [0.717, 1.165) is 24.0 Å². The summed E-state index contributed by atoms with van der Waals surface area (Å²) in [7, 11) is 0. The Balaban J connectivity index is 1.79. The molecule has 0 radical (unpaired) electrons. The van der Waals surface area contributed by atoms with Crippen LogP contribution in [0.2, 0.25) is 0 Å². The predicted molar refractivity (Wildman–Crippen MR) is 107 cm³/mol. The zero-order valence-electron chi connectivity index (χ0n) is 16.4. The van der Waals surface area contributed by atoms with Crippen LogP contribution in [0.3, 0.4) is 0 Å². The number of rotatable bonds is 8. The molecule has 3 rings (SSSR count). The van der Waals surface area contributed by atoms with E-state index in [1.54, 1.807) is 18.2 Å². The lowest BCUT2D eigenvalue weighted by molar-refractivity contribution is -0.141. The Hall–Kier alpha value is -3.13. The molecule has 1 unspecified atom stereocenters. The van der Waals surface area contributed by atoms with Crippen LogP contribution >= 0.6 is 0 Å². The molecule has 0 spiro atoms. The van der Waals surface area contributed by atoms with Gasteiger partial charge in [0.25, 0.3) is 5.91 Å². The molecule has 1 heterocycles. The first-order valence-electron chi connectivity index (χ1n) is 9.59. The number of H-pyrrole nitrogens is 1. The first-order chi connectivity index (χ1) is 14.4. The number of amides is 1. The van der Waals surface area contributed by atoms with E-state index in [1.807, 2.05) is 41.5 Å². The minimum atomic E-state index is -4.59. The molecule has 3 aromatic rings. The van der Waals surface area contributed by atoms with Gasteiger partial charge < -0.3 is 10.1 Å². The number of aromatic nitrogens is 2. The van der Waals surface area contributed by atoms with Crippen LogP contribution in [0.15, 0.2) is 60.7 Å². The molecule has 1 aromatic heterocycles. The highest BCUT2D eigenvalue weighted by atomic mass is 19.4. The Kier molecular flexibility index (Phi) is 6.89. The lowest BCUT2D eigenvalue weighted by atomic mass is 10.0. The van der Waals surface area contributed by atoms with Crippen molar-refractivity contribution >= 4 is 11.6 Å². The minimum Gasteiger partial charge on any atom is -0.369 e. The van der Waals surface area contributed by atoms with Crippen molar-refractivity contribution in [2.24, 2.45) is 0 Å². The number of carbonyl (C=O) groups excluding carboxylic acids is 1. The van der Waals surface area contributed by atoms with E-state index in [2.05, 4.69) is 17.3 Å². The van der Waals surface area contributed by atoms with Crippen LogP contribution in [-0.4, -0.2) is 22.7 Å². The summed E-state index contributed by atoms with van der Waals surface area (Å²) >= 11 is 0. The van der Waals surface area contributed by atoms with Crippen molar-refractivity contribution in [2.45, 2.75) is 32.0 Å². The predicted octanol–water partition coefficient (Wildman–Crippen LogP) is 5.59. The van der Waals surface area contributed by atoms with Crippen molar-refractivity contribution in [3.05, 3.63) is 83.2 Å². The molecule has 0 saturated heterocycles. The van der Waals surface area contributed by atoms with E-state index in [-0.39, 0.29) is 11.8 Å². The molecule has 0 aliphatic carbocycles. The van der Waals surface area contributed by atoms with Gasteiger partial charge in [-0.15, -0.1) is 0 Å². The van der Waals surface area contributed by atoms with Crippen molar-refractivity contribution in [1.82, 2.24) is 10.2 Å². The van der Waals surface area contributed by atoms with Gasteiger partial charge in [-0.25, -0.2) is 0 Å². The molecule has 2 N–H and O–H groups in total. The number of benzene rings is 2. The number of alkyl halides is 3. The molecule has 5 nitrogen and oxygen atoms in total. The fourth-order valence-corrected chi connectivity index (χ4v) is 2.92. The van der Waals surface area contributed by atoms with E-state index in [0.29, 0.717) is 18.4 Å². The van der Waals surface area contributed by atoms with Gasteiger partial charge in [0, 0.05) is 18.4 Å². The molecular weight excluding hydrogens is 395 g/mol. The molecule has 0 saturated carbocycles. The fourth-order valence-electron chi connectivity index (χ4n) is 2.92. The summed E-state index contributed by atoms with van der Waals surface area (Å²) in [5.74, 6) is -0.734. The van der Waals surface area contributed by atoms with Gasteiger partial charge >= 0.3 is 6.18 Å². The van der Waals surface area contributed by atoms with E-state index in [9.17, 15) is 18.0 Å². The van der Waals surface area contributed by atoms with Gasteiger partial charge in [0.2, 0.25) is 0 Å². The van der Waals surface area contributed by atoms with Crippen LogP contribution in [0.1, 0.15) is 53.2 Å². The molecule has 0 aliphatic rings. The van der Waals surface area contributed by atoms with Crippen LogP contribution < -0.4 is 5.32 Å². The number of nitrogens with zero attached hydrogens (tertiary/aromatic N) is 1. The van der Waals surface area contributed by atoms with Gasteiger partial charge in [0.15, 0.2) is 5.69 Å². The summed E-state index contributed by atoms with van der Waals surface area (Å²) < 4.78 is 44.2. The Morgan fingerprint density at radius 1 is 1.10 bits per heavy atom. The maximum Gasteiger partial charge on any atom is 0.432 e. The van der Waals surface area contributed by atoms with Gasteiger partial charge in [0.1, 0.15) is 11.8 Å². The smallest absolute Gasteiger partial charge is 0.369 e. The van der Waals surface area contributed by atoms with Crippen molar-refractivity contribution in [2.75, 3.05) is 11.9 Å². The molecule has 2 aromatic carbocycles. The Morgan fingerprint density at radius 3 is 2.50 bits per heavy atom. The summed E-state index contributed by atoms with van der Waals surface area (Å²) in [6.45, 7) is 2.66. The number of unbranched alkanes of at least 4 members (excludes halogenated alkanes) is 1. The Labute approximate surface area is 172 Å². The van der Waals surface area contributed by atoms with Gasteiger partial charge in [0.05, 0.1) is 0 Å². The molecule has 30 heavy (non-hydrogen) atoms. The summed E-state index contributed by atoms with van der Waals surface area (Å²) in [5, 5.41) is 7.88. The van der Waals surface area contributed by atoms with Gasteiger partial charge in [-0.05, 0) is 29.7 Å². The lowest BCUT2D eigenvalue weighted by Gasteiger charge is -2.20.